The molecule has 6 heteroatoms. The highest BCUT2D eigenvalue weighted by Gasteiger charge is 2.53. The highest BCUT2D eigenvalue weighted by molar-refractivity contribution is 9.10. The molecule has 0 radical (unpaired) electrons. The first-order valence-electron chi connectivity index (χ1n) is 7.69. The molecule has 0 spiro atoms. The van der Waals surface area contributed by atoms with Gasteiger partial charge in [0.15, 0.2) is 0 Å². The molecular formula is C18H18BrNO3S. The molecule has 0 atom stereocenters. The lowest BCUT2D eigenvalue weighted by atomic mass is 9.98. The Morgan fingerprint density at radius 3 is 2.62 bits per heavy atom. The molecule has 1 aromatic carbocycles. The summed E-state index contributed by atoms with van der Waals surface area (Å²) < 4.78 is 11.9. The minimum absolute atomic E-state index is 0.191. The first kappa shape index (κ1) is 17.3. The number of rotatable bonds is 7. The minimum atomic E-state index is -0.517. The number of hydrogen-bond donors (Lipinski definition) is 0. The van der Waals surface area contributed by atoms with E-state index in [4.69, 9.17) is 9.47 Å². The molecule has 0 unspecified atom stereocenters. The minimum Gasteiger partial charge on any atom is -0.490 e. The molecule has 0 N–H and O–H groups in total. The largest absolute Gasteiger partial charge is 0.490 e. The maximum absolute atomic E-state index is 12.4. The number of ether oxygens (including phenoxy) is 2. The van der Waals surface area contributed by atoms with Gasteiger partial charge in [-0.05, 0) is 70.9 Å². The van der Waals surface area contributed by atoms with Crippen LogP contribution in [0.5, 0.6) is 5.75 Å². The van der Waals surface area contributed by atoms with Gasteiger partial charge in [0.1, 0.15) is 19.0 Å². The van der Waals surface area contributed by atoms with Crippen molar-refractivity contribution in [2.75, 3.05) is 19.5 Å². The van der Waals surface area contributed by atoms with Crippen molar-refractivity contribution in [2.24, 2.45) is 0 Å². The molecule has 0 saturated heterocycles. The lowest BCUT2D eigenvalue weighted by Gasteiger charge is -2.15. The third-order valence-corrected chi connectivity index (χ3v) is 5.22. The molecule has 1 aliphatic rings. The van der Waals surface area contributed by atoms with Crippen LogP contribution < -0.4 is 4.74 Å². The topological polar surface area (TPSA) is 48.4 Å². The Hall–Kier alpha value is -1.53. The van der Waals surface area contributed by atoms with Crippen molar-refractivity contribution in [3.8, 4) is 5.75 Å². The third kappa shape index (κ3) is 3.92. The summed E-state index contributed by atoms with van der Waals surface area (Å²) in [6, 6.07) is 9.79. The molecule has 1 saturated carbocycles. The number of hydrogen-bond acceptors (Lipinski definition) is 5. The van der Waals surface area contributed by atoms with Crippen LogP contribution in [0, 0.1) is 0 Å². The number of esters is 1. The van der Waals surface area contributed by atoms with E-state index >= 15 is 0 Å². The normalized spacial score (nSPS) is 14.9. The second kappa shape index (κ2) is 7.57. The maximum Gasteiger partial charge on any atom is 0.316 e. The average Bonchev–Trinajstić information content (AvgIpc) is 3.41. The molecule has 1 heterocycles. The summed E-state index contributed by atoms with van der Waals surface area (Å²) in [6.45, 7) is 0.587. The molecule has 1 aromatic heterocycles. The van der Waals surface area contributed by atoms with Gasteiger partial charge in [-0.3, -0.25) is 9.78 Å². The summed E-state index contributed by atoms with van der Waals surface area (Å²) in [5.74, 6) is 0.588. The number of thioether (sulfide) groups is 1. The van der Waals surface area contributed by atoms with Gasteiger partial charge >= 0.3 is 5.97 Å². The summed E-state index contributed by atoms with van der Waals surface area (Å²) in [5, 5.41) is 0. The number of carbonyl (C=O) groups excluding carboxylic acids is 1. The summed E-state index contributed by atoms with van der Waals surface area (Å²) in [7, 11) is 0. The standard InChI is InChI=1S/C18H18BrNO3S/c1-24-16-4-2-15(3-5-16)22-8-9-23-17(21)18(6-7-18)13-10-14(19)12-20-11-13/h2-5,10-12H,6-9H2,1H3. The number of carbonyl (C=O) groups is 1. The summed E-state index contributed by atoms with van der Waals surface area (Å²) in [6.07, 6.45) is 7.09. The van der Waals surface area contributed by atoms with Crippen molar-refractivity contribution >= 4 is 33.7 Å². The second-order valence-electron chi connectivity index (χ2n) is 5.63. The van der Waals surface area contributed by atoms with E-state index in [2.05, 4.69) is 20.9 Å². The molecule has 4 nitrogen and oxygen atoms in total. The first-order chi connectivity index (χ1) is 11.6. The van der Waals surface area contributed by atoms with E-state index < -0.39 is 5.41 Å². The molecular weight excluding hydrogens is 390 g/mol. The number of nitrogens with zero attached hydrogens (tertiary/aromatic N) is 1. The molecule has 1 aliphatic carbocycles. The summed E-state index contributed by atoms with van der Waals surface area (Å²) >= 11 is 5.08. The molecule has 2 aromatic rings. The van der Waals surface area contributed by atoms with Gasteiger partial charge in [-0.15, -0.1) is 11.8 Å². The van der Waals surface area contributed by atoms with E-state index in [1.54, 1.807) is 24.2 Å². The molecule has 3 rings (SSSR count). The Balaban J connectivity index is 1.49. The Morgan fingerprint density at radius 1 is 1.25 bits per heavy atom. The third-order valence-electron chi connectivity index (χ3n) is 4.04. The highest BCUT2D eigenvalue weighted by Crippen LogP contribution is 2.49. The predicted octanol–water partition coefficient (Wildman–Crippen LogP) is 4.22. The molecule has 0 aliphatic heterocycles. The smallest absolute Gasteiger partial charge is 0.316 e. The zero-order chi connectivity index (χ0) is 17.0. The van der Waals surface area contributed by atoms with E-state index in [1.807, 2.05) is 36.6 Å². The Morgan fingerprint density at radius 2 is 2.00 bits per heavy atom. The van der Waals surface area contributed by atoms with Crippen molar-refractivity contribution in [2.45, 2.75) is 23.2 Å². The lowest BCUT2D eigenvalue weighted by molar-refractivity contribution is -0.147. The Labute approximate surface area is 154 Å². The van der Waals surface area contributed by atoms with Gasteiger partial charge in [0.05, 0.1) is 5.41 Å². The van der Waals surface area contributed by atoms with Crippen LogP contribution in [-0.2, 0) is 14.9 Å². The zero-order valence-corrected chi connectivity index (χ0v) is 15.7. The maximum atomic E-state index is 12.4. The van der Waals surface area contributed by atoms with Crippen LogP contribution in [0.1, 0.15) is 18.4 Å². The zero-order valence-electron chi connectivity index (χ0n) is 13.3. The van der Waals surface area contributed by atoms with E-state index in [0.29, 0.717) is 6.61 Å². The van der Waals surface area contributed by atoms with Crippen LogP contribution in [0.2, 0.25) is 0 Å². The molecule has 126 valence electrons. The van der Waals surface area contributed by atoms with E-state index in [-0.39, 0.29) is 12.6 Å². The van der Waals surface area contributed by atoms with Crippen molar-refractivity contribution in [1.29, 1.82) is 0 Å². The molecule has 0 bridgehead atoms. The van der Waals surface area contributed by atoms with Crippen molar-refractivity contribution in [3.05, 3.63) is 52.8 Å². The van der Waals surface area contributed by atoms with Crippen molar-refractivity contribution < 1.29 is 14.3 Å². The first-order valence-corrected chi connectivity index (χ1v) is 9.71. The van der Waals surface area contributed by atoms with Gasteiger partial charge < -0.3 is 9.47 Å². The average molecular weight is 408 g/mol. The van der Waals surface area contributed by atoms with Crippen LogP contribution >= 0.6 is 27.7 Å². The van der Waals surface area contributed by atoms with Gasteiger partial charge in [-0.1, -0.05) is 0 Å². The number of benzene rings is 1. The molecule has 0 amide bonds. The molecule has 24 heavy (non-hydrogen) atoms. The van der Waals surface area contributed by atoms with Crippen LogP contribution in [0.4, 0.5) is 0 Å². The van der Waals surface area contributed by atoms with Gasteiger partial charge in [-0.2, -0.15) is 0 Å². The van der Waals surface area contributed by atoms with Crippen molar-refractivity contribution in [3.63, 3.8) is 0 Å². The fourth-order valence-electron chi connectivity index (χ4n) is 2.51. The second-order valence-corrected chi connectivity index (χ2v) is 7.43. The number of halogens is 1. The highest BCUT2D eigenvalue weighted by atomic mass is 79.9. The van der Waals surface area contributed by atoms with Crippen molar-refractivity contribution in [1.82, 2.24) is 4.98 Å². The van der Waals surface area contributed by atoms with Gasteiger partial charge in [0.25, 0.3) is 0 Å². The molecule has 1 fully saturated rings. The van der Waals surface area contributed by atoms with E-state index in [1.165, 1.54) is 4.90 Å². The van der Waals surface area contributed by atoms with Gasteiger partial charge in [0, 0.05) is 21.8 Å². The fraction of sp³-hybridized carbons (Fsp3) is 0.333. The van der Waals surface area contributed by atoms with E-state index in [0.717, 1.165) is 28.6 Å². The van der Waals surface area contributed by atoms with Crippen LogP contribution in [0.15, 0.2) is 52.1 Å². The van der Waals surface area contributed by atoms with Crippen LogP contribution in [-0.4, -0.2) is 30.4 Å². The van der Waals surface area contributed by atoms with Gasteiger partial charge in [-0.25, -0.2) is 0 Å². The summed E-state index contributed by atoms with van der Waals surface area (Å²) in [4.78, 5) is 17.7. The quantitative estimate of drug-likeness (QED) is 0.390. The fourth-order valence-corrected chi connectivity index (χ4v) is 3.29. The Kier molecular flexibility index (Phi) is 5.46. The van der Waals surface area contributed by atoms with Crippen LogP contribution in [0.3, 0.4) is 0 Å². The monoisotopic (exact) mass is 407 g/mol. The Bertz CT molecular complexity index is 716. The SMILES string of the molecule is CSc1ccc(OCCOC(=O)C2(c3cncc(Br)c3)CC2)cc1. The van der Waals surface area contributed by atoms with Gasteiger partial charge in [0.2, 0.25) is 0 Å². The predicted molar refractivity (Wildman–Crippen MR) is 97.5 cm³/mol. The summed E-state index contributed by atoms with van der Waals surface area (Å²) in [5.41, 5.74) is 0.395. The van der Waals surface area contributed by atoms with E-state index in [9.17, 15) is 4.79 Å². The lowest BCUT2D eigenvalue weighted by Crippen LogP contribution is -2.25. The number of pyridine rings is 1. The van der Waals surface area contributed by atoms with Crippen LogP contribution in [0.25, 0.3) is 0 Å². The number of aromatic nitrogens is 1.